The van der Waals surface area contributed by atoms with Crippen molar-refractivity contribution in [3.05, 3.63) is 173 Å². The molecule has 0 amide bonds. The third kappa shape index (κ3) is 7.55. The van der Waals surface area contributed by atoms with Gasteiger partial charge < -0.3 is 19.5 Å². The van der Waals surface area contributed by atoms with E-state index in [2.05, 4.69) is 11.9 Å². The van der Waals surface area contributed by atoms with Gasteiger partial charge in [-0.3, -0.25) is 0 Å². The average molecular weight is 652 g/mol. The molecule has 8 nitrogen and oxygen atoms in total. The van der Waals surface area contributed by atoms with E-state index in [0.717, 1.165) is 22.4 Å². The molecule has 0 saturated heterocycles. The van der Waals surface area contributed by atoms with Gasteiger partial charge in [0.1, 0.15) is 25.6 Å². The maximum atomic E-state index is 14.1. The lowest BCUT2D eigenvalue weighted by molar-refractivity contribution is -0.141. The summed E-state index contributed by atoms with van der Waals surface area (Å²) in [4.78, 5) is 28.3. The van der Waals surface area contributed by atoms with E-state index in [-0.39, 0.29) is 13.2 Å². The smallest absolute Gasteiger partial charge is 0.337 e. The first kappa shape index (κ1) is 32.8. The predicted molar refractivity (Wildman–Crippen MR) is 188 cm³/mol. The standard InChI is InChI=1S/C41H37N3O5/c1-4-24-47-34-22-20-32(21-23-34)39-35(25-44(43-39)33-18-12-7-13-19-33)38-36(40(45)48-26-30-14-8-5-9-15-30)28(2)42-29(3)37(38)41(46)49-27-31-16-10-6-11-17-31/h4-23,25,38,42H,1,24,26-27H2,2-3H3. The Morgan fingerprint density at radius 1 is 0.755 bits per heavy atom. The third-order valence-electron chi connectivity index (χ3n) is 8.20. The highest BCUT2D eigenvalue weighted by atomic mass is 16.5. The van der Waals surface area contributed by atoms with Crippen LogP contribution in [0.15, 0.2) is 157 Å². The van der Waals surface area contributed by atoms with Crippen molar-refractivity contribution in [1.82, 2.24) is 15.1 Å². The summed E-state index contributed by atoms with van der Waals surface area (Å²) in [7, 11) is 0. The zero-order valence-corrected chi connectivity index (χ0v) is 27.5. The van der Waals surface area contributed by atoms with E-state index >= 15 is 0 Å². The highest BCUT2D eigenvalue weighted by molar-refractivity contribution is 6.00. The zero-order valence-electron chi connectivity index (χ0n) is 27.5. The van der Waals surface area contributed by atoms with Crippen LogP contribution in [0.25, 0.3) is 16.9 Å². The molecule has 0 unspecified atom stereocenters. The molecule has 5 aromatic rings. The summed E-state index contributed by atoms with van der Waals surface area (Å²) in [5.41, 5.74) is 6.27. The fraction of sp³-hybridized carbons (Fsp3) is 0.146. The summed E-state index contributed by atoms with van der Waals surface area (Å²) in [6.07, 6.45) is 3.56. The molecule has 0 bridgehead atoms. The maximum Gasteiger partial charge on any atom is 0.337 e. The van der Waals surface area contributed by atoms with Crippen LogP contribution in [0.5, 0.6) is 5.75 Å². The van der Waals surface area contributed by atoms with Gasteiger partial charge in [0.2, 0.25) is 0 Å². The SMILES string of the molecule is C=CCOc1ccc(-c2nn(-c3ccccc3)cc2C2C(C(=O)OCc3ccccc3)=C(C)NC(C)=C2C(=O)OCc2ccccc2)cc1. The van der Waals surface area contributed by atoms with E-state index in [1.165, 1.54) is 0 Å². The van der Waals surface area contributed by atoms with Crippen molar-refractivity contribution in [2.45, 2.75) is 33.0 Å². The van der Waals surface area contributed by atoms with E-state index < -0.39 is 17.9 Å². The minimum atomic E-state index is -0.864. The molecule has 0 fully saturated rings. The quantitative estimate of drug-likeness (QED) is 0.109. The minimum absolute atomic E-state index is 0.0714. The van der Waals surface area contributed by atoms with Crippen molar-refractivity contribution in [2.75, 3.05) is 6.61 Å². The molecule has 0 radical (unpaired) electrons. The third-order valence-corrected chi connectivity index (χ3v) is 8.20. The molecule has 1 aliphatic rings. The Balaban J connectivity index is 1.47. The summed E-state index contributed by atoms with van der Waals surface area (Å²) >= 11 is 0. The number of aromatic nitrogens is 2. The van der Waals surface area contributed by atoms with E-state index in [4.69, 9.17) is 19.3 Å². The molecule has 1 aromatic heterocycles. The van der Waals surface area contributed by atoms with E-state index in [1.807, 2.05) is 135 Å². The summed E-state index contributed by atoms with van der Waals surface area (Å²) in [5.74, 6) is -1.29. The Kier molecular flexibility index (Phi) is 10.1. The first-order chi connectivity index (χ1) is 23.9. The largest absolute Gasteiger partial charge is 0.490 e. The monoisotopic (exact) mass is 651 g/mol. The number of hydrogen-bond donors (Lipinski definition) is 1. The van der Waals surface area contributed by atoms with Crippen molar-refractivity contribution in [1.29, 1.82) is 0 Å². The van der Waals surface area contributed by atoms with Crippen LogP contribution in [-0.4, -0.2) is 28.3 Å². The Bertz CT molecular complexity index is 1920. The summed E-state index contributed by atoms with van der Waals surface area (Å²) in [6.45, 7) is 7.87. The maximum absolute atomic E-state index is 14.1. The fourth-order valence-corrected chi connectivity index (χ4v) is 5.85. The Morgan fingerprint density at radius 3 is 1.78 bits per heavy atom. The van der Waals surface area contributed by atoms with Gasteiger partial charge in [0.25, 0.3) is 0 Å². The molecular formula is C41H37N3O5. The molecule has 0 saturated carbocycles. The van der Waals surface area contributed by atoms with E-state index in [0.29, 0.717) is 46.2 Å². The Labute approximate surface area is 286 Å². The molecule has 6 rings (SSSR count). The van der Waals surface area contributed by atoms with E-state index in [9.17, 15) is 9.59 Å². The Hall–Kier alpha value is -6.15. The summed E-state index contributed by atoms with van der Waals surface area (Å²) in [5, 5.41) is 8.30. The lowest BCUT2D eigenvalue weighted by Crippen LogP contribution is -2.32. The number of allylic oxidation sites excluding steroid dienone is 2. The number of para-hydroxylation sites is 1. The van der Waals surface area contributed by atoms with Gasteiger partial charge >= 0.3 is 11.9 Å². The van der Waals surface area contributed by atoms with Gasteiger partial charge in [-0.2, -0.15) is 5.10 Å². The molecule has 2 heterocycles. The van der Waals surface area contributed by atoms with Crippen LogP contribution in [0.3, 0.4) is 0 Å². The van der Waals surface area contributed by atoms with Crippen LogP contribution in [0.2, 0.25) is 0 Å². The number of nitrogens with one attached hydrogen (secondary N) is 1. The molecule has 0 spiro atoms. The molecule has 8 heteroatoms. The molecule has 0 aliphatic carbocycles. The highest BCUT2D eigenvalue weighted by Crippen LogP contribution is 2.43. The molecule has 4 aromatic carbocycles. The van der Waals surface area contributed by atoms with Crippen LogP contribution < -0.4 is 10.1 Å². The highest BCUT2D eigenvalue weighted by Gasteiger charge is 2.40. The lowest BCUT2D eigenvalue weighted by Gasteiger charge is -2.30. The second kappa shape index (κ2) is 15.2. The van der Waals surface area contributed by atoms with Crippen LogP contribution in [0.1, 0.15) is 36.5 Å². The van der Waals surface area contributed by atoms with Crippen LogP contribution in [0, 0.1) is 0 Å². The first-order valence-corrected chi connectivity index (χ1v) is 16.0. The second-order valence-corrected chi connectivity index (χ2v) is 11.6. The number of carbonyl (C=O) groups excluding carboxylic acids is 2. The molecule has 246 valence electrons. The number of nitrogens with zero attached hydrogens (tertiary/aromatic N) is 2. The van der Waals surface area contributed by atoms with E-state index in [1.54, 1.807) is 10.8 Å². The van der Waals surface area contributed by atoms with Crippen LogP contribution in [-0.2, 0) is 32.3 Å². The number of esters is 2. The molecule has 1 N–H and O–H groups in total. The van der Waals surface area contributed by atoms with Crippen LogP contribution >= 0.6 is 0 Å². The normalized spacial score (nSPS) is 13.1. The second-order valence-electron chi connectivity index (χ2n) is 11.6. The summed E-state index contributed by atoms with van der Waals surface area (Å²) < 4.78 is 19.3. The summed E-state index contributed by atoms with van der Waals surface area (Å²) in [6, 6.07) is 36.2. The number of carbonyl (C=O) groups is 2. The number of hydrogen-bond acceptors (Lipinski definition) is 7. The van der Waals surface area contributed by atoms with Gasteiger partial charge in [0.15, 0.2) is 0 Å². The molecule has 1 aliphatic heterocycles. The van der Waals surface area contributed by atoms with Gasteiger partial charge in [-0.1, -0.05) is 91.5 Å². The molecule has 49 heavy (non-hydrogen) atoms. The predicted octanol–water partition coefficient (Wildman–Crippen LogP) is 7.83. The number of benzene rings is 4. The number of ether oxygens (including phenoxy) is 3. The van der Waals surface area contributed by atoms with Crippen molar-refractivity contribution in [2.24, 2.45) is 0 Å². The van der Waals surface area contributed by atoms with Crippen LogP contribution in [0.4, 0.5) is 0 Å². The molecule has 0 atom stereocenters. The van der Waals surface area contributed by atoms with Gasteiger partial charge in [0, 0.05) is 28.7 Å². The number of rotatable bonds is 12. The van der Waals surface area contributed by atoms with Gasteiger partial charge in [-0.15, -0.1) is 0 Å². The van der Waals surface area contributed by atoms with Crippen molar-refractivity contribution < 1.29 is 23.8 Å². The van der Waals surface area contributed by atoms with Crippen molar-refractivity contribution >= 4 is 11.9 Å². The minimum Gasteiger partial charge on any atom is -0.490 e. The van der Waals surface area contributed by atoms with Gasteiger partial charge in [0.05, 0.1) is 28.4 Å². The average Bonchev–Trinajstić information content (AvgIpc) is 3.58. The topological polar surface area (TPSA) is 91.7 Å². The molecular weight excluding hydrogens is 614 g/mol. The van der Waals surface area contributed by atoms with Gasteiger partial charge in [-0.05, 0) is 61.4 Å². The first-order valence-electron chi connectivity index (χ1n) is 16.0. The van der Waals surface area contributed by atoms with Crippen molar-refractivity contribution in [3.63, 3.8) is 0 Å². The number of dihydropyridines is 1. The lowest BCUT2D eigenvalue weighted by atomic mass is 9.79. The zero-order chi connectivity index (χ0) is 34.2. The van der Waals surface area contributed by atoms with Crippen molar-refractivity contribution in [3.8, 4) is 22.7 Å². The van der Waals surface area contributed by atoms with Gasteiger partial charge in [-0.25, -0.2) is 14.3 Å². The Morgan fingerprint density at radius 2 is 1.27 bits per heavy atom. The fourth-order valence-electron chi connectivity index (χ4n) is 5.85.